The fourth-order valence-corrected chi connectivity index (χ4v) is 3.11. The van der Waals surface area contributed by atoms with Crippen LogP contribution in [0.15, 0.2) is 33.9 Å². The average molecular weight is 404 g/mol. The Morgan fingerprint density at radius 3 is 2.52 bits per heavy atom. The molecule has 0 saturated heterocycles. The Labute approximate surface area is 166 Å². The highest BCUT2D eigenvalue weighted by molar-refractivity contribution is 5.72. The van der Waals surface area contributed by atoms with Gasteiger partial charge in [0, 0.05) is 20.2 Å². The van der Waals surface area contributed by atoms with E-state index < -0.39 is 11.2 Å². The molecule has 0 saturated carbocycles. The normalized spacial score (nSPS) is 11.3. The van der Waals surface area contributed by atoms with Crippen molar-refractivity contribution >= 4 is 11.2 Å². The smallest absolute Gasteiger partial charge is 0.332 e. The Morgan fingerprint density at radius 1 is 1.14 bits per heavy atom. The number of aliphatic hydroxyl groups excluding tert-OH is 1. The third-order valence-electron chi connectivity index (χ3n) is 4.72. The molecule has 3 aromatic rings. The summed E-state index contributed by atoms with van der Waals surface area (Å²) in [5.74, 6) is -0.350. The molecule has 0 atom stereocenters. The Morgan fingerprint density at radius 2 is 1.86 bits per heavy atom. The number of unbranched alkanes of at least 4 members (excludes halogenated alkanes) is 1. The van der Waals surface area contributed by atoms with E-state index in [1.807, 2.05) is 6.92 Å². The number of halogens is 1. The van der Waals surface area contributed by atoms with Crippen LogP contribution in [-0.4, -0.2) is 37.0 Å². The van der Waals surface area contributed by atoms with Crippen LogP contribution >= 0.6 is 0 Å². The highest BCUT2D eigenvalue weighted by atomic mass is 19.1. The van der Waals surface area contributed by atoms with E-state index in [4.69, 9.17) is 9.84 Å². The van der Waals surface area contributed by atoms with E-state index in [-0.39, 0.29) is 49.1 Å². The molecule has 0 fully saturated rings. The van der Waals surface area contributed by atoms with Gasteiger partial charge in [-0.05, 0) is 30.5 Å². The predicted octanol–water partition coefficient (Wildman–Crippen LogP) is 1.65. The first-order valence-corrected chi connectivity index (χ1v) is 9.66. The molecule has 0 radical (unpaired) electrons. The van der Waals surface area contributed by atoms with Crippen LogP contribution in [0.5, 0.6) is 6.01 Å². The zero-order valence-corrected chi connectivity index (χ0v) is 16.6. The van der Waals surface area contributed by atoms with Crippen molar-refractivity contribution in [3.05, 3.63) is 56.5 Å². The molecule has 0 bridgehead atoms. The summed E-state index contributed by atoms with van der Waals surface area (Å²) < 4.78 is 23.1. The summed E-state index contributed by atoms with van der Waals surface area (Å²) in [5.41, 5.74) is 0.245. The van der Waals surface area contributed by atoms with Crippen LogP contribution in [0.25, 0.3) is 11.2 Å². The zero-order valence-electron chi connectivity index (χ0n) is 16.6. The van der Waals surface area contributed by atoms with E-state index in [9.17, 15) is 14.0 Å². The summed E-state index contributed by atoms with van der Waals surface area (Å²) in [6.45, 7) is 2.68. The van der Waals surface area contributed by atoms with E-state index in [0.717, 1.165) is 23.0 Å². The highest BCUT2D eigenvalue weighted by Crippen LogP contribution is 2.20. The molecule has 0 aliphatic rings. The van der Waals surface area contributed by atoms with Gasteiger partial charge in [-0.15, -0.1) is 0 Å². The number of ether oxygens (including phenoxy) is 1. The highest BCUT2D eigenvalue weighted by Gasteiger charge is 2.21. The number of hydrogen-bond acceptors (Lipinski definition) is 5. The van der Waals surface area contributed by atoms with E-state index in [1.54, 1.807) is 23.7 Å². The quantitative estimate of drug-likeness (QED) is 0.548. The van der Waals surface area contributed by atoms with Crippen LogP contribution < -0.4 is 16.0 Å². The summed E-state index contributed by atoms with van der Waals surface area (Å²) in [4.78, 5) is 30.1. The number of aryl methyl sites for hydroxylation is 1. The zero-order chi connectivity index (χ0) is 21.0. The van der Waals surface area contributed by atoms with Crippen molar-refractivity contribution in [3.63, 3.8) is 0 Å². The molecule has 9 heteroatoms. The monoisotopic (exact) mass is 404 g/mol. The predicted molar refractivity (Wildman–Crippen MR) is 107 cm³/mol. The van der Waals surface area contributed by atoms with Crippen molar-refractivity contribution in [2.24, 2.45) is 7.05 Å². The van der Waals surface area contributed by atoms with Crippen molar-refractivity contribution < 1.29 is 14.2 Å². The number of fused-ring (bicyclic) bond motifs is 1. The molecule has 0 aliphatic heterocycles. The minimum atomic E-state index is -0.498. The molecule has 0 unspecified atom stereocenters. The largest absolute Gasteiger partial charge is 0.465 e. The minimum absolute atomic E-state index is 0.103. The molecule has 2 aromatic heterocycles. The van der Waals surface area contributed by atoms with Gasteiger partial charge >= 0.3 is 5.69 Å². The first-order valence-electron chi connectivity index (χ1n) is 9.66. The fourth-order valence-electron chi connectivity index (χ4n) is 3.11. The molecular formula is C20H25FN4O4. The Kier molecular flexibility index (Phi) is 6.48. The van der Waals surface area contributed by atoms with Crippen molar-refractivity contribution in [2.75, 3.05) is 13.2 Å². The Balaban J connectivity index is 2.18. The summed E-state index contributed by atoms with van der Waals surface area (Å²) in [5, 5.41) is 9.10. The summed E-state index contributed by atoms with van der Waals surface area (Å²) >= 11 is 0. The van der Waals surface area contributed by atoms with Gasteiger partial charge in [-0.1, -0.05) is 25.5 Å². The van der Waals surface area contributed by atoms with Crippen LogP contribution in [-0.2, 0) is 20.1 Å². The number of aromatic nitrogens is 4. The van der Waals surface area contributed by atoms with Gasteiger partial charge in [0.1, 0.15) is 5.82 Å². The van der Waals surface area contributed by atoms with Crippen LogP contribution in [0, 0.1) is 5.82 Å². The fraction of sp³-hybridized carbons (Fsp3) is 0.450. The van der Waals surface area contributed by atoms with Gasteiger partial charge in [-0.25, -0.2) is 9.18 Å². The van der Waals surface area contributed by atoms with Crippen LogP contribution in [0.4, 0.5) is 4.39 Å². The summed E-state index contributed by atoms with van der Waals surface area (Å²) in [6, 6.07) is 6.19. The maximum absolute atomic E-state index is 13.3. The number of nitrogens with zero attached hydrogens (tertiary/aromatic N) is 4. The molecule has 0 amide bonds. The molecule has 2 heterocycles. The van der Waals surface area contributed by atoms with Crippen molar-refractivity contribution in [2.45, 2.75) is 39.3 Å². The lowest BCUT2D eigenvalue weighted by Crippen LogP contribution is -2.39. The van der Waals surface area contributed by atoms with Crippen LogP contribution in [0.2, 0.25) is 0 Å². The number of hydrogen-bond donors (Lipinski definition) is 1. The van der Waals surface area contributed by atoms with Crippen molar-refractivity contribution in [3.8, 4) is 6.01 Å². The number of benzene rings is 1. The number of aliphatic hydroxyl groups is 1. The molecular weight excluding hydrogens is 379 g/mol. The van der Waals surface area contributed by atoms with Gasteiger partial charge in [0.15, 0.2) is 11.2 Å². The first-order chi connectivity index (χ1) is 14.0. The minimum Gasteiger partial charge on any atom is -0.465 e. The van der Waals surface area contributed by atoms with Crippen LogP contribution in [0.1, 0.15) is 31.7 Å². The Hall–Kier alpha value is -2.94. The molecule has 0 aliphatic carbocycles. The average Bonchev–Trinajstić information content (AvgIpc) is 3.07. The molecule has 29 heavy (non-hydrogen) atoms. The van der Waals surface area contributed by atoms with E-state index in [2.05, 4.69) is 4.98 Å². The van der Waals surface area contributed by atoms with E-state index >= 15 is 0 Å². The SMILES string of the molecule is CCCCOc1nc2c(c(=O)n(CCCO)c(=O)n2C)n1Cc1ccc(F)cc1. The van der Waals surface area contributed by atoms with Gasteiger partial charge in [-0.2, -0.15) is 4.98 Å². The lowest BCUT2D eigenvalue weighted by molar-refractivity contribution is 0.275. The number of rotatable bonds is 9. The molecule has 8 nitrogen and oxygen atoms in total. The van der Waals surface area contributed by atoms with E-state index in [1.165, 1.54) is 16.7 Å². The molecule has 156 valence electrons. The van der Waals surface area contributed by atoms with Crippen molar-refractivity contribution in [1.29, 1.82) is 0 Å². The molecule has 1 aromatic carbocycles. The number of imidazole rings is 1. The standard InChI is InChI=1S/C20H25FN4O4/c1-3-4-12-29-19-22-17-16(25(19)13-14-6-8-15(21)9-7-14)18(27)24(10-5-11-26)20(28)23(17)2/h6-9,26H,3-5,10-13H2,1-2H3. The topological polar surface area (TPSA) is 91.3 Å². The van der Waals surface area contributed by atoms with Gasteiger partial charge in [0.05, 0.1) is 13.2 Å². The third kappa shape index (κ3) is 4.24. The lowest BCUT2D eigenvalue weighted by atomic mass is 10.2. The Bertz CT molecular complexity index is 1100. The molecule has 1 N–H and O–H groups in total. The second-order valence-electron chi connectivity index (χ2n) is 6.86. The maximum atomic E-state index is 13.3. The lowest BCUT2D eigenvalue weighted by Gasteiger charge is -2.11. The van der Waals surface area contributed by atoms with Gasteiger partial charge in [-0.3, -0.25) is 18.5 Å². The van der Waals surface area contributed by atoms with Gasteiger partial charge in [0.2, 0.25) is 0 Å². The second kappa shape index (κ2) is 9.04. The first kappa shape index (κ1) is 20.8. The third-order valence-corrected chi connectivity index (χ3v) is 4.72. The second-order valence-corrected chi connectivity index (χ2v) is 6.86. The van der Waals surface area contributed by atoms with Crippen molar-refractivity contribution in [1.82, 2.24) is 18.7 Å². The van der Waals surface area contributed by atoms with Gasteiger partial charge in [0.25, 0.3) is 11.6 Å². The van der Waals surface area contributed by atoms with Gasteiger partial charge < -0.3 is 9.84 Å². The maximum Gasteiger partial charge on any atom is 0.332 e. The molecule has 3 rings (SSSR count). The summed E-state index contributed by atoms with van der Waals surface area (Å²) in [7, 11) is 1.55. The van der Waals surface area contributed by atoms with Crippen LogP contribution in [0.3, 0.4) is 0 Å². The summed E-state index contributed by atoms with van der Waals surface area (Å²) in [6.07, 6.45) is 2.04. The molecule has 0 spiro atoms. The van der Waals surface area contributed by atoms with E-state index in [0.29, 0.717) is 6.61 Å².